The lowest BCUT2D eigenvalue weighted by Gasteiger charge is -2.07. The van der Waals surface area contributed by atoms with E-state index in [0.717, 1.165) is 11.1 Å². The second-order valence-corrected chi connectivity index (χ2v) is 5.00. The highest BCUT2D eigenvalue weighted by atomic mass is 16.5. The van der Waals surface area contributed by atoms with Crippen LogP contribution in [0.4, 0.5) is 0 Å². The second kappa shape index (κ2) is 5.34. The average Bonchev–Trinajstić information content (AvgIpc) is 2.70. The Morgan fingerprint density at radius 3 is 2.79 bits per heavy atom. The molecule has 1 heterocycles. The van der Waals surface area contributed by atoms with Gasteiger partial charge in [-0.25, -0.2) is 0 Å². The summed E-state index contributed by atoms with van der Waals surface area (Å²) in [5, 5.41) is 3.73. The number of methoxy groups -OCH3 is 1. The molecule has 1 aromatic heterocycles. The third-order valence-electron chi connectivity index (χ3n) is 2.97. The summed E-state index contributed by atoms with van der Waals surface area (Å²) in [5.41, 5.74) is 1.28. The predicted octanol–water partition coefficient (Wildman–Crippen LogP) is 3.14. The summed E-state index contributed by atoms with van der Waals surface area (Å²) in [6.07, 6.45) is 0. The monoisotopic (exact) mass is 261 g/mol. The molecule has 102 valence electrons. The number of ether oxygens (including phenoxy) is 1. The van der Waals surface area contributed by atoms with Crippen molar-refractivity contribution in [1.29, 1.82) is 0 Å². The largest absolute Gasteiger partial charge is 0.497 e. The summed E-state index contributed by atoms with van der Waals surface area (Å²) in [4.78, 5) is 12.2. The van der Waals surface area contributed by atoms with Crippen LogP contribution in [0.15, 0.2) is 22.6 Å². The Balaban J connectivity index is 2.37. The Kier molecular flexibility index (Phi) is 3.79. The standard InChI is InChI=1S/C15H19NO3/c1-9(2)8-16-15(17)14-10(3)19-13-7-11(18-4)5-6-12(13)14/h5-7,9H,8H2,1-4H3,(H,16,17). The first-order chi connectivity index (χ1) is 9.02. The summed E-state index contributed by atoms with van der Waals surface area (Å²) in [5.74, 6) is 1.68. The zero-order valence-corrected chi connectivity index (χ0v) is 11.7. The zero-order chi connectivity index (χ0) is 14.0. The maximum Gasteiger partial charge on any atom is 0.255 e. The average molecular weight is 261 g/mol. The lowest BCUT2D eigenvalue weighted by atomic mass is 10.1. The Morgan fingerprint density at radius 1 is 1.42 bits per heavy atom. The Labute approximate surface area is 112 Å². The van der Waals surface area contributed by atoms with Crippen LogP contribution in [-0.2, 0) is 0 Å². The van der Waals surface area contributed by atoms with Crippen LogP contribution in [0.25, 0.3) is 11.0 Å². The number of carbonyl (C=O) groups is 1. The molecule has 0 atom stereocenters. The number of rotatable bonds is 4. The van der Waals surface area contributed by atoms with Crippen molar-refractivity contribution in [3.05, 3.63) is 29.5 Å². The number of hydrogen-bond donors (Lipinski definition) is 1. The molecule has 4 heteroatoms. The van der Waals surface area contributed by atoms with Gasteiger partial charge in [-0.2, -0.15) is 0 Å². The number of carbonyl (C=O) groups excluding carboxylic acids is 1. The third kappa shape index (κ3) is 2.72. The number of benzene rings is 1. The molecule has 1 N–H and O–H groups in total. The molecule has 2 aromatic rings. The first-order valence-corrected chi connectivity index (χ1v) is 6.38. The minimum Gasteiger partial charge on any atom is -0.497 e. The van der Waals surface area contributed by atoms with Gasteiger partial charge in [0.15, 0.2) is 0 Å². The van der Waals surface area contributed by atoms with Crippen molar-refractivity contribution in [3.8, 4) is 5.75 Å². The quantitative estimate of drug-likeness (QED) is 0.919. The fourth-order valence-corrected chi connectivity index (χ4v) is 1.99. The summed E-state index contributed by atoms with van der Waals surface area (Å²) < 4.78 is 10.8. The van der Waals surface area contributed by atoms with Gasteiger partial charge in [0.25, 0.3) is 5.91 Å². The van der Waals surface area contributed by atoms with E-state index in [1.165, 1.54) is 0 Å². The van der Waals surface area contributed by atoms with Crippen LogP contribution >= 0.6 is 0 Å². The van der Waals surface area contributed by atoms with Crippen molar-refractivity contribution in [1.82, 2.24) is 5.32 Å². The van der Waals surface area contributed by atoms with Crippen molar-refractivity contribution in [3.63, 3.8) is 0 Å². The molecule has 0 unspecified atom stereocenters. The van der Waals surface area contributed by atoms with E-state index in [-0.39, 0.29) is 5.91 Å². The fraction of sp³-hybridized carbons (Fsp3) is 0.400. The van der Waals surface area contributed by atoms with Gasteiger partial charge in [0.2, 0.25) is 0 Å². The van der Waals surface area contributed by atoms with Gasteiger partial charge < -0.3 is 14.5 Å². The lowest BCUT2D eigenvalue weighted by Crippen LogP contribution is -2.27. The van der Waals surface area contributed by atoms with Crippen LogP contribution in [0, 0.1) is 12.8 Å². The van der Waals surface area contributed by atoms with Crippen LogP contribution in [0.5, 0.6) is 5.75 Å². The van der Waals surface area contributed by atoms with E-state index in [9.17, 15) is 4.79 Å². The molecule has 4 nitrogen and oxygen atoms in total. The molecule has 2 rings (SSSR count). The van der Waals surface area contributed by atoms with Crippen LogP contribution < -0.4 is 10.1 Å². The van der Waals surface area contributed by atoms with Gasteiger partial charge in [-0.15, -0.1) is 0 Å². The molecular weight excluding hydrogens is 242 g/mol. The minimum absolute atomic E-state index is 0.0879. The highest BCUT2D eigenvalue weighted by Gasteiger charge is 2.18. The van der Waals surface area contributed by atoms with Crippen LogP contribution in [0.1, 0.15) is 30.0 Å². The molecule has 0 fully saturated rings. The van der Waals surface area contributed by atoms with Gasteiger partial charge in [0.05, 0.1) is 12.7 Å². The van der Waals surface area contributed by atoms with E-state index in [1.807, 2.05) is 12.1 Å². The van der Waals surface area contributed by atoms with Gasteiger partial charge in [-0.05, 0) is 25.0 Å². The number of nitrogens with one attached hydrogen (secondary N) is 1. The molecule has 0 saturated heterocycles. The topological polar surface area (TPSA) is 51.5 Å². The van der Waals surface area contributed by atoms with Gasteiger partial charge in [0.1, 0.15) is 17.1 Å². The molecule has 0 radical (unpaired) electrons. The van der Waals surface area contributed by atoms with E-state index in [0.29, 0.717) is 29.4 Å². The number of fused-ring (bicyclic) bond motifs is 1. The number of aryl methyl sites for hydroxylation is 1. The van der Waals surface area contributed by atoms with Crippen molar-refractivity contribution >= 4 is 16.9 Å². The summed E-state index contributed by atoms with van der Waals surface area (Å²) in [6, 6.07) is 5.48. The van der Waals surface area contributed by atoms with Crippen LogP contribution in [0.2, 0.25) is 0 Å². The molecule has 19 heavy (non-hydrogen) atoms. The zero-order valence-electron chi connectivity index (χ0n) is 11.7. The van der Waals surface area contributed by atoms with Crippen molar-refractivity contribution < 1.29 is 13.9 Å². The van der Waals surface area contributed by atoms with Crippen LogP contribution in [-0.4, -0.2) is 19.6 Å². The third-order valence-corrected chi connectivity index (χ3v) is 2.97. The Hall–Kier alpha value is -1.97. The van der Waals surface area contributed by atoms with E-state index < -0.39 is 0 Å². The number of hydrogen-bond acceptors (Lipinski definition) is 3. The molecule has 1 aromatic carbocycles. The second-order valence-electron chi connectivity index (χ2n) is 5.00. The van der Waals surface area contributed by atoms with Crippen LogP contribution in [0.3, 0.4) is 0 Å². The van der Waals surface area contributed by atoms with E-state index in [2.05, 4.69) is 19.2 Å². The molecule has 0 spiro atoms. The molecule has 0 aliphatic heterocycles. The van der Waals surface area contributed by atoms with Gasteiger partial charge in [-0.3, -0.25) is 4.79 Å². The van der Waals surface area contributed by atoms with E-state index in [1.54, 1.807) is 20.1 Å². The Morgan fingerprint density at radius 2 is 2.16 bits per heavy atom. The van der Waals surface area contributed by atoms with Crippen molar-refractivity contribution in [2.24, 2.45) is 5.92 Å². The van der Waals surface area contributed by atoms with E-state index in [4.69, 9.17) is 9.15 Å². The van der Waals surface area contributed by atoms with Gasteiger partial charge in [-0.1, -0.05) is 13.8 Å². The molecule has 0 aliphatic rings. The Bertz CT molecular complexity index is 599. The van der Waals surface area contributed by atoms with Gasteiger partial charge in [0, 0.05) is 18.0 Å². The normalized spacial score (nSPS) is 11.0. The predicted molar refractivity (Wildman–Crippen MR) is 74.7 cm³/mol. The van der Waals surface area contributed by atoms with Crippen molar-refractivity contribution in [2.45, 2.75) is 20.8 Å². The molecule has 0 saturated carbocycles. The smallest absolute Gasteiger partial charge is 0.255 e. The molecule has 0 aliphatic carbocycles. The number of amides is 1. The first kappa shape index (κ1) is 13.5. The highest BCUT2D eigenvalue weighted by Crippen LogP contribution is 2.28. The highest BCUT2D eigenvalue weighted by molar-refractivity contribution is 6.07. The first-order valence-electron chi connectivity index (χ1n) is 6.38. The minimum atomic E-state index is -0.0879. The molecule has 1 amide bonds. The van der Waals surface area contributed by atoms with E-state index >= 15 is 0 Å². The summed E-state index contributed by atoms with van der Waals surface area (Å²) in [7, 11) is 1.60. The van der Waals surface area contributed by atoms with Gasteiger partial charge >= 0.3 is 0 Å². The summed E-state index contributed by atoms with van der Waals surface area (Å²) in [6.45, 7) is 6.58. The molecular formula is C15H19NO3. The lowest BCUT2D eigenvalue weighted by molar-refractivity contribution is 0.0949. The SMILES string of the molecule is COc1ccc2c(C(=O)NCC(C)C)c(C)oc2c1. The maximum absolute atomic E-state index is 12.2. The summed E-state index contributed by atoms with van der Waals surface area (Å²) >= 11 is 0. The fourth-order valence-electron chi connectivity index (χ4n) is 1.99. The van der Waals surface area contributed by atoms with Crippen molar-refractivity contribution in [2.75, 3.05) is 13.7 Å². The number of furan rings is 1. The molecule has 0 bridgehead atoms. The maximum atomic E-state index is 12.2.